The maximum Gasteiger partial charge on any atom is 0.191 e. The number of rotatable bonds is 8. The number of nitrogens with zero attached hydrogens (tertiary/aromatic N) is 3. The molecule has 1 unspecified atom stereocenters. The van der Waals surface area contributed by atoms with E-state index in [-0.39, 0.29) is 0 Å². The number of benzene rings is 1. The van der Waals surface area contributed by atoms with Gasteiger partial charge in [-0.05, 0) is 24.5 Å². The molecule has 0 amide bonds. The van der Waals surface area contributed by atoms with E-state index >= 15 is 0 Å². The summed E-state index contributed by atoms with van der Waals surface area (Å²) in [7, 11) is 0. The summed E-state index contributed by atoms with van der Waals surface area (Å²) < 4.78 is 11.0. The molecule has 168 valence electrons. The molecule has 0 spiro atoms. The summed E-state index contributed by atoms with van der Waals surface area (Å²) in [5.74, 6) is 1.45. The molecule has 0 aromatic heterocycles. The van der Waals surface area contributed by atoms with E-state index in [2.05, 4.69) is 65.5 Å². The summed E-state index contributed by atoms with van der Waals surface area (Å²) >= 11 is 0. The molecule has 3 rings (SSSR count). The number of morpholine rings is 2. The van der Waals surface area contributed by atoms with Gasteiger partial charge in [-0.2, -0.15) is 0 Å². The van der Waals surface area contributed by atoms with E-state index in [1.807, 2.05) is 0 Å². The Morgan fingerprint density at radius 2 is 1.67 bits per heavy atom. The molecule has 30 heavy (non-hydrogen) atoms. The zero-order chi connectivity index (χ0) is 21.2. The van der Waals surface area contributed by atoms with Crippen LogP contribution in [-0.4, -0.2) is 82.6 Å². The molecule has 2 saturated heterocycles. The van der Waals surface area contributed by atoms with Crippen molar-refractivity contribution in [3.63, 3.8) is 0 Å². The van der Waals surface area contributed by atoms with Crippen LogP contribution < -0.4 is 15.5 Å². The van der Waals surface area contributed by atoms with Crippen LogP contribution in [0.3, 0.4) is 0 Å². The normalized spacial score (nSPS) is 19.7. The number of anilines is 1. The molecular weight excluding hydrogens is 378 g/mol. The molecule has 0 aliphatic carbocycles. The zero-order valence-electron chi connectivity index (χ0n) is 18.9. The van der Waals surface area contributed by atoms with Gasteiger partial charge in [0.1, 0.15) is 0 Å². The molecular formula is C23H39N5O2. The third kappa shape index (κ3) is 6.59. The number of para-hydroxylation sites is 1. The SMILES string of the molecule is CCNC(=NCc1ccccc1N1CCOCC1)NCC(C(C)C)N1CCOCC1. The summed E-state index contributed by atoms with van der Waals surface area (Å²) in [6.45, 7) is 16.2. The molecule has 7 heteroatoms. The predicted octanol–water partition coefficient (Wildman–Crippen LogP) is 1.94. The fraction of sp³-hybridized carbons (Fsp3) is 0.696. The highest BCUT2D eigenvalue weighted by atomic mass is 16.5. The minimum atomic E-state index is 0.471. The van der Waals surface area contributed by atoms with Gasteiger partial charge in [0.15, 0.2) is 5.96 Å². The Bertz CT molecular complexity index is 655. The van der Waals surface area contributed by atoms with Crippen LogP contribution in [-0.2, 0) is 16.0 Å². The first-order valence-corrected chi connectivity index (χ1v) is 11.4. The van der Waals surface area contributed by atoms with Crippen LogP contribution >= 0.6 is 0 Å². The van der Waals surface area contributed by atoms with Gasteiger partial charge in [-0.25, -0.2) is 4.99 Å². The Morgan fingerprint density at radius 3 is 2.33 bits per heavy atom. The van der Waals surface area contributed by atoms with Crippen molar-refractivity contribution in [2.24, 2.45) is 10.9 Å². The lowest BCUT2D eigenvalue weighted by Gasteiger charge is -2.37. The number of ether oxygens (including phenoxy) is 2. The summed E-state index contributed by atoms with van der Waals surface area (Å²) in [6.07, 6.45) is 0. The molecule has 0 bridgehead atoms. The fourth-order valence-electron chi connectivity index (χ4n) is 4.16. The van der Waals surface area contributed by atoms with Crippen molar-refractivity contribution in [1.29, 1.82) is 0 Å². The Kier molecular flexibility index (Phi) is 9.24. The predicted molar refractivity (Wildman–Crippen MR) is 123 cm³/mol. The molecule has 2 N–H and O–H groups in total. The van der Waals surface area contributed by atoms with Gasteiger partial charge < -0.3 is 25.0 Å². The summed E-state index contributed by atoms with van der Waals surface area (Å²) in [4.78, 5) is 9.85. The number of nitrogens with one attached hydrogen (secondary N) is 2. The number of guanidine groups is 1. The van der Waals surface area contributed by atoms with Gasteiger partial charge >= 0.3 is 0 Å². The molecule has 1 aromatic carbocycles. The minimum absolute atomic E-state index is 0.471. The molecule has 1 aromatic rings. The van der Waals surface area contributed by atoms with Crippen molar-refractivity contribution in [2.45, 2.75) is 33.4 Å². The molecule has 0 radical (unpaired) electrons. The summed E-state index contributed by atoms with van der Waals surface area (Å²) in [5.41, 5.74) is 2.53. The van der Waals surface area contributed by atoms with Gasteiger partial charge in [-0.3, -0.25) is 4.90 Å². The second-order valence-electron chi connectivity index (χ2n) is 8.26. The van der Waals surface area contributed by atoms with Crippen molar-refractivity contribution < 1.29 is 9.47 Å². The average Bonchev–Trinajstić information content (AvgIpc) is 2.79. The highest BCUT2D eigenvalue weighted by Crippen LogP contribution is 2.22. The second kappa shape index (κ2) is 12.1. The van der Waals surface area contributed by atoms with Gasteiger partial charge in [0.05, 0.1) is 33.0 Å². The first kappa shape index (κ1) is 22.8. The molecule has 0 saturated carbocycles. The number of hydrogen-bond acceptors (Lipinski definition) is 5. The molecule has 2 aliphatic rings. The quantitative estimate of drug-likeness (QED) is 0.498. The third-order valence-corrected chi connectivity index (χ3v) is 5.86. The van der Waals surface area contributed by atoms with Crippen molar-refractivity contribution >= 4 is 11.6 Å². The van der Waals surface area contributed by atoms with E-state index in [0.29, 0.717) is 18.5 Å². The largest absolute Gasteiger partial charge is 0.379 e. The van der Waals surface area contributed by atoms with Crippen LogP contribution in [0.1, 0.15) is 26.3 Å². The van der Waals surface area contributed by atoms with E-state index in [0.717, 1.165) is 71.7 Å². The molecule has 2 aliphatic heterocycles. The Hall–Kier alpha value is -1.83. The first-order valence-electron chi connectivity index (χ1n) is 11.4. The van der Waals surface area contributed by atoms with E-state index in [4.69, 9.17) is 14.5 Å². The maximum atomic E-state index is 5.53. The lowest BCUT2D eigenvalue weighted by molar-refractivity contribution is 0.00752. The topological polar surface area (TPSA) is 61.4 Å². The lowest BCUT2D eigenvalue weighted by atomic mass is 10.0. The lowest BCUT2D eigenvalue weighted by Crippen LogP contribution is -2.52. The molecule has 2 heterocycles. The van der Waals surface area contributed by atoms with Crippen LogP contribution in [0.15, 0.2) is 29.3 Å². The number of aliphatic imine (C=N–C) groups is 1. The average molecular weight is 418 g/mol. The van der Waals surface area contributed by atoms with Crippen LogP contribution in [0.25, 0.3) is 0 Å². The highest BCUT2D eigenvalue weighted by molar-refractivity contribution is 5.79. The molecule has 7 nitrogen and oxygen atoms in total. The smallest absolute Gasteiger partial charge is 0.191 e. The van der Waals surface area contributed by atoms with E-state index < -0.39 is 0 Å². The zero-order valence-corrected chi connectivity index (χ0v) is 18.9. The van der Waals surface area contributed by atoms with Gasteiger partial charge in [0, 0.05) is 51.0 Å². The monoisotopic (exact) mass is 417 g/mol. The summed E-state index contributed by atoms with van der Waals surface area (Å²) in [6, 6.07) is 9.06. The first-order chi connectivity index (χ1) is 14.7. The Labute approximate surface area is 181 Å². The van der Waals surface area contributed by atoms with Crippen molar-refractivity contribution in [3.05, 3.63) is 29.8 Å². The van der Waals surface area contributed by atoms with Crippen LogP contribution in [0.4, 0.5) is 5.69 Å². The molecule has 2 fully saturated rings. The second-order valence-corrected chi connectivity index (χ2v) is 8.26. The van der Waals surface area contributed by atoms with E-state index in [1.165, 1.54) is 11.3 Å². The fourth-order valence-corrected chi connectivity index (χ4v) is 4.16. The third-order valence-electron chi connectivity index (χ3n) is 5.86. The van der Waals surface area contributed by atoms with Gasteiger partial charge in [0.25, 0.3) is 0 Å². The highest BCUT2D eigenvalue weighted by Gasteiger charge is 2.24. The van der Waals surface area contributed by atoms with Crippen molar-refractivity contribution in [2.75, 3.05) is 70.6 Å². The van der Waals surface area contributed by atoms with Crippen LogP contribution in [0.2, 0.25) is 0 Å². The minimum Gasteiger partial charge on any atom is -0.379 e. The van der Waals surface area contributed by atoms with E-state index in [1.54, 1.807) is 0 Å². The van der Waals surface area contributed by atoms with Crippen molar-refractivity contribution in [3.8, 4) is 0 Å². The van der Waals surface area contributed by atoms with Gasteiger partial charge in [0.2, 0.25) is 0 Å². The Balaban J connectivity index is 1.64. The Morgan fingerprint density at radius 1 is 1.00 bits per heavy atom. The van der Waals surface area contributed by atoms with Gasteiger partial charge in [-0.15, -0.1) is 0 Å². The number of hydrogen-bond donors (Lipinski definition) is 2. The molecule has 1 atom stereocenters. The standard InChI is InChI=1S/C23H39N5O2/c1-4-24-23(26-18-22(19(2)3)28-11-15-30-16-12-28)25-17-20-7-5-6-8-21(20)27-9-13-29-14-10-27/h5-8,19,22H,4,9-18H2,1-3H3,(H2,24,25,26). The van der Waals surface area contributed by atoms with E-state index in [9.17, 15) is 0 Å². The van der Waals surface area contributed by atoms with Crippen molar-refractivity contribution in [1.82, 2.24) is 15.5 Å². The van der Waals surface area contributed by atoms with Crippen LogP contribution in [0.5, 0.6) is 0 Å². The van der Waals surface area contributed by atoms with Crippen LogP contribution in [0, 0.1) is 5.92 Å². The summed E-state index contributed by atoms with van der Waals surface area (Å²) in [5, 5.41) is 7.00. The maximum absolute atomic E-state index is 5.53. The van der Waals surface area contributed by atoms with Gasteiger partial charge in [-0.1, -0.05) is 32.0 Å².